The molecule has 0 bridgehead atoms. The van der Waals surface area contributed by atoms with Gasteiger partial charge in [0, 0.05) is 42.6 Å². The molecule has 0 saturated heterocycles. The monoisotopic (exact) mass is 689 g/mol. The Bertz CT molecular complexity index is 1110. The normalized spacial score (nSPS) is 16.9. The lowest BCUT2D eigenvalue weighted by atomic mass is 9.55. The van der Waals surface area contributed by atoms with E-state index in [0.29, 0.717) is 62.8 Å². The third-order valence-corrected chi connectivity index (χ3v) is 11.9. The summed E-state index contributed by atoms with van der Waals surface area (Å²) >= 11 is 4.90. The van der Waals surface area contributed by atoms with Crippen molar-refractivity contribution in [3.8, 4) is 6.07 Å². The van der Waals surface area contributed by atoms with Crippen molar-refractivity contribution in [1.29, 1.82) is 5.26 Å². The highest BCUT2D eigenvalue weighted by molar-refractivity contribution is 7.85. The van der Waals surface area contributed by atoms with Crippen molar-refractivity contribution in [2.24, 2.45) is 28.1 Å². The van der Waals surface area contributed by atoms with Gasteiger partial charge in [0.1, 0.15) is 0 Å². The van der Waals surface area contributed by atoms with Gasteiger partial charge in [-0.05, 0) is 57.8 Å². The van der Waals surface area contributed by atoms with Gasteiger partial charge in [-0.15, -0.1) is 0 Å². The number of nitrogens with one attached hydrogen (secondary N) is 1. The number of amides is 2. The Balaban J connectivity index is 6.26. The quantitative estimate of drug-likeness (QED) is 0.0480. The third-order valence-electron chi connectivity index (χ3n) is 10.8. The van der Waals surface area contributed by atoms with E-state index in [2.05, 4.69) is 46.0 Å². The van der Waals surface area contributed by atoms with Crippen molar-refractivity contribution in [3.05, 3.63) is 0 Å². The molecule has 0 fully saturated rings. The fourth-order valence-electron chi connectivity index (χ4n) is 6.75. The number of quaternary nitrogens is 1. The maximum Gasteiger partial charge on any atom is 0.265 e. The second-order valence-electron chi connectivity index (χ2n) is 15.7. The average molecular weight is 690 g/mol. The fraction of sp³-hybridized carbons (Fsp3) is 0.914. The van der Waals surface area contributed by atoms with Crippen LogP contribution < -0.4 is 5.32 Å². The van der Waals surface area contributed by atoms with Gasteiger partial charge in [0.15, 0.2) is 0 Å². The highest BCUT2D eigenvalue weighted by Crippen LogP contribution is 2.53. The maximum absolute atomic E-state index is 14.6. The lowest BCUT2D eigenvalue weighted by Crippen LogP contribution is -2.52. The number of hydrogen-bond acceptors (Lipinski definition) is 6. The molecule has 9 nitrogen and oxygen atoms in total. The van der Waals surface area contributed by atoms with E-state index in [0.717, 1.165) is 25.8 Å². The molecular weight excluding hydrogens is 621 g/mol. The van der Waals surface area contributed by atoms with Crippen LogP contribution in [0.4, 0.5) is 0 Å². The van der Waals surface area contributed by atoms with E-state index in [4.69, 9.17) is 17.2 Å². The number of thiol groups is 1. The van der Waals surface area contributed by atoms with Gasteiger partial charge in [0.2, 0.25) is 11.8 Å². The van der Waals surface area contributed by atoms with Gasteiger partial charge < -0.3 is 14.7 Å². The summed E-state index contributed by atoms with van der Waals surface area (Å²) in [5, 5.41) is 13.3. The SMILES string of the molecule is CCCCN(CC)C(=O)C(C)(CC(C)(CC)C(C)(C)C#N)C(CC)CC(C(=O)NCCC[N+](C)(C)CCCS(=O)(=O)O)C(C)(C)S. The minimum atomic E-state index is -3.98. The molecule has 0 aliphatic heterocycles. The van der Waals surface area contributed by atoms with Crippen molar-refractivity contribution in [2.75, 3.05) is 52.6 Å². The predicted molar refractivity (Wildman–Crippen MR) is 193 cm³/mol. The van der Waals surface area contributed by atoms with E-state index in [9.17, 15) is 23.3 Å². The molecule has 0 aromatic rings. The molecule has 0 aliphatic carbocycles. The molecule has 0 radical (unpaired) electrons. The van der Waals surface area contributed by atoms with Gasteiger partial charge in [-0.1, -0.05) is 61.3 Å². The Morgan fingerprint density at radius 1 is 1.00 bits per heavy atom. The van der Waals surface area contributed by atoms with Crippen LogP contribution in [0.1, 0.15) is 121 Å². The van der Waals surface area contributed by atoms with E-state index in [-0.39, 0.29) is 23.5 Å². The summed E-state index contributed by atoms with van der Waals surface area (Å²) in [4.78, 5) is 30.4. The molecule has 2 amide bonds. The Hall–Kier alpha value is -1.35. The number of rotatable bonds is 23. The number of carbonyl (C=O) groups excluding carboxylic acids is 2. The standard InChI is InChI=1S/C35H68N4O5S2/c1-13-17-21-38(16-4)31(41)35(10,26-34(9,15-3)32(5,6)27-36)28(14-2)25-29(33(7,8)45)30(40)37-20-18-22-39(11,12)23-19-24-46(42,43)44/h28-29H,13-26H2,1-12H3,(H2-,37,40,42,43,44,45)/p+1. The number of nitrogens with zero attached hydrogens (tertiary/aromatic N) is 3. The predicted octanol–water partition coefficient (Wildman–Crippen LogP) is 6.60. The highest BCUT2D eigenvalue weighted by atomic mass is 32.2. The zero-order valence-corrected chi connectivity index (χ0v) is 33.0. The molecule has 0 spiro atoms. The van der Waals surface area contributed by atoms with Crippen LogP contribution in [-0.2, 0) is 19.7 Å². The number of unbranched alkanes of at least 4 members (excludes halogenated alkanes) is 1. The van der Waals surface area contributed by atoms with Crippen LogP contribution >= 0.6 is 12.6 Å². The first-order chi connectivity index (χ1) is 20.9. The molecule has 0 aromatic heterocycles. The minimum Gasteiger partial charge on any atom is -0.356 e. The summed E-state index contributed by atoms with van der Waals surface area (Å²) in [6.45, 7) is 23.5. The van der Waals surface area contributed by atoms with E-state index < -0.39 is 37.0 Å². The molecule has 0 aromatic carbocycles. The topological polar surface area (TPSA) is 128 Å². The Morgan fingerprint density at radius 2 is 1.57 bits per heavy atom. The number of carbonyl (C=O) groups is 2. The molecule has 270 valence electrons. The number of hydrogen-bond donors (Lipinski definition) is 3. The summed E-state index contributed by atoms with van der Waals surface area (Å²) in [7, 11) is 0.0350. The molecule has 2 N–H and O–H groups in total. The molecule has 0 heterocycles. The summed E-state index contributed by atoms with van der Waals surface area (Å²) in [6, 6.07) is 2.53. The Kier molecular flexibility index (Phi) is 17.9. The van der Waals surface area contributed by atoms with Crippen molar-refractivity contribution in [1.82, 2.24) is 10.2 Å². The smallest absolute Gasteiger partial charge is 0.265 e. The van der Waals surface area contributed by atoms with Crippen molar-refractivity contribution >= 4 is 34.6 Å². The first-order valence-corrected chi connectivity index (χ1v) is 19.4. The molecule has 46 heavy (non-hydrogen) atoms. The summed E-state index contributed by atoms with van der Waals surface area (Å²) in [5.74, 6) is -0.804. The second-order valence-corrected chi connectivity index (χ2v) is 18.4. The highest BCUT2D eigenvalue weighted by Gasteiger charge is 2.52. The van der Waals surface area contributed by atoms with E-state index in [1.54, 1.807) is 0 Å². The van der Waals surface area contributed by atoms with Crippen LogP contribution in [0.3, 0.4) is 0 Å². The molecule has 0 aliphatic rings. The molecule has 11 heteroatoms. The minimum absolute atomic E-state index is 0.0844. The van der Waals surface area contributed by atoms with Crippen molar-refractivity contribution in [3.63, 3.8) is 0 Å². The zero-order chi connectivity index (χ0) is 36.2. The molecule has 0 saturated carbocycles. The first kappa shape index (κ1) is 44.6. The van der Waals surface area contributed by atoms with Gasteiger partial charge in [-0.25, -0.2) is 0 Å². The van der Waals surface area contributed by atoms with Crippen LogP contribution in [0, 0.1) is 39.4 Å². The van der Waals surface area contributed by atoms with Crippen LogP contribution in [0.25, 0.3) is 0 Å². The van der Waals surface area contributed by atoms with E-state index in [1.807, 2.05) is 53.6 Å². The van der Waals surface area contributed by atoms with Gasteiger partial charge in [-0.3, -0.25) is 14.1 Å². The summed E-state index contributed by atoms with van der Waals surface area (Å²) in [6.07, 6.45) is 5.48. The van der Waals surface area contributed by atoms with E-state index in [1.165, 1.54) is 0 Å². The Morgan fingerprint density at radius 3 is 2.00 bits per heavy atom. The lowest BCUT2D eigenvalue weighted by molar-refractivity contribution is -0.890. The molecule has 4 unspecified atom stereocenters. The summed E-state index contributed by atoms with van der Waals surface area (Å²) < 4.78 is 31.1. The van der Waals surface area contributed by atoms with Gasteiger partial charge in [0.25, 0.3) is 10.1 Å². The van der Waals surface area contributed by atoms with Gasteiger partial charge in [0.05, 0.1) is 50.3 Å². The van der Waals surface area contributed by atoms with Crippen LogP contribution in [0.2, 0.25) is 0 Å². The van der Waals surface area contributed by atoms with Crippen LogP contribution in [-0.4, -0.2) is 91.5 Å². The first-order valence-electron chi connectivity index (χ1n) is 17.4. The Labute approximate surface area is 288 Å². The van der Waals surface area contributed by atoms with Crippen molar-refractivity contribution in [2.45, 2.75) is 125 Å². The second kappa shape index (κ2) is 18.4. The maximum atomic E-state index is 14.6. The fourth-order valence-corrected chi connectivity index (χ4v) is 7.46. The lowest BCUT2D eigenvalue weighted by Gasteiger charge is -2.49. The van der Waals surface area contributed by atoms with E-state index >= 15 is 0 Å². The van der Waals surface area contributed by atoms with Crippen LogP contribution in [0.5, 0.6) is 0 Å². The molecule has 0 rings (SSSR count). The largest absolute Gasteiger partial charge is 0.356 e. The van der Waals surface area contributed by atoms with Crippen molar-refractivity contribution < 1.29 is 27.0 Å². The summed E-state index contributed by atoms with van der Waals surface area (Å²) in [5.41, 5.74) is -1.87. The zero-order valence-electron chi connectivity index (χ0n) is 31.3. The third kappa shape index (κ3) is 13.6. The molecule has 4 atom stereocenters. The van der Waals surface area contributed by atoms with Crippen LogP contribution in [0.15, 0.2) is 0 Å². The average Bonchev–Trinajstić information content (AvgIpc) is 2.94. The number of nitriles is 1. The van der Waals surface area contributed by atoms with Gasteiger partial charge >= 0.3 is 0 Å². The molecular formula is C35H69N4O5S2+. The van der Waals surface area contributed by atoms with Gasteiger partial charge in [-0.2, -0.15) is 26.3 Å².